The molecule has 1 fully saturated rings. The molecule has 0 radical (unpaired) electrons. The van der Waals surface area contributed by atoms with E-state index in [2.05, 4.69) is 23.9 Å². The molecule has 0 aromatic heterocycles. The minimum absolute atomic E-state index is 0.299. The maximum absolute atomic E-state index is 12.2. The van der Waals surface area contributed by atoms with Crippen LogP contribution in [0.2, 0.25) is 0 Å². The van der Waals surface area contributed by atoms with Crippen molar-refractivity contribution in [1.82, 2.24) is 4.90 Å². The summed E-state index contributed by atoms with van der Waals surface area (Å²) < 4.78 is 5.16. The van der Waals surface area contributed by atoms with Gasteiger partial charge in [0.1, 0.15) is 0 Å². The fraction of sp³-hybridized carbons (Fsp3) is 0.562. The predicted octanol–water partition coefficient (Wildman–Crippen LogP) is 1.98. The third-order valence-corrected chi connectivity index (χ3v) is 4.01. The highest BCUT2D eigenvalue weighted by Gasteiger charge is 2.26. The number of hydrogen-bond donors (Lipinski definition) is 1. The van der Waals surface area contributed by atoms with Gasteiger partial charge in [-0.1, -0.05) is 6.07 Å². The monoisotopic (exact) mass is 291 g/mol. The number of piperidine rings is 1. The van der Waals surface area contributed by atoms with E-state index < -0.39 is 0 Å². The van der Waals surface area contributed by atoms with E-state index in [0.717, 1.165) is 25.2 Å². The number of carbonyl (C=O) groups is 1. The molecule has 1 aromatic carbocycles. The Balaban J connectivity index is 2.31. The van der Waals surface area contributed by atoms with E-state index in [1.54, 1.807) is 12.1 Å². The van der Waals surface area contributed by atoms with Crippen LogP contribution in [-0.4, -0.2) is 50.7 Å². The molecule has 5 nitrogen and oxygen atoms in total. The van der Waals surface area contributed by atoms with E-state index in [-0.39, 0.29) is 5.97 Å². The average Bonchev–Trinajstić information content (AvgIpc) is 2.47. The molecule has 21 heavy (non-hydrogen) atoms. The second kappa shape index (κ2) is 6.80. The molecule has 2 N–H and O–H groups in total. The number of benzene rings is 1. The molecule has 2 rings (SSSR count). The number of ether oxygens (including phenoxy) is 1. The molecule has 1 heterocycles. The molecular weight excluding hydrogens is 266 g/mol. The molecule has 0 spiro atoms. The van der Waals surface area contributed by atoms with Gasteiger partial charge in [-0.05, 0) is 46.0 Å². The van der Waals surface area contributed by atoms with Crippen LogP contribution in [0.5, 0.6) is 0 Å². The molecular formula is C16H25N3O2. The second-order valence-electron chi connectivity index (χ2n) is 5.67. The molecule has 1 saturated heterocycles. The van der Waals surface area contributed by atoms with Gasteiger partial charge in [0.05, 0.1) is 23.5 Å². The maximum atomic E-state index is 12.2. The van der Waals surface area contributed by atoms with Crippen molar-refractivity contribution >= 4 is 17.3 Å². The summed E-state index contributed by atoms with van der Waals surface area (Å²) in [7, 11) is 4.18. The van der Waals surface area contributed by atoms with Crippen molar-refractivity contribution in [3.63, 3.8) is 0 Å². The van der Waals surface area contributed by atoms with Gasteiger partial charge < -0.3 is 20.3 Å². The van der Waals surface area contributed by atoms with Crippen LogP contribution >= 0.6 is 0 Å². The second-order valence-corrected chi connectivity index (χ2v) is 5.67. The summed E-state index contributed by atoms with van der Waals surface area (Å²) in [4.78, 5) is 16.6. The lowest BCUT2D eigenvalue weighted by Gasteiger charge is -2.38. The van der Waals surface area contributed by atoms with Gasteiger partial charge in [0, 0.05) is 19.1 Å². The van der Waals surface area contributed by atoms with Crippen LogP contribution in [0.4, 0.5) is 11.4 Å². The molecule has 0 saturated carbocycles. The number of esters is 1. The van der Waals surface area contributed by atoms with E-state index in [9.17, 15) is 4.79 Å². The van der Waals surface area contributed by atoms with Crippen LogP contribution in [0.3, 0.4) is 0 Å². The van der Waals surface area contributed by atoms with Gasteiger partial charge in [0.15, 0.2) is 0 Å². The summed E-state index contributed by atoms with van der Waals surface area (Å²) in [6, 6.07) is 5.92. The molecule has 1 atom stereocenters. The van der Waals surface area contributed by atoms with Crippen LogP contribution in [0, 0.1) is 0 Å². The Morgan fingerprint density at radius 1 is 1.48 bits per heavy atom. The van der Waals surface area contributed by atoms with E-state index >= 15 is 0 Å². The number of nitrogens with two attached hydrogens (primary N) is 1. The summed E-state index contributed by atoms with van der Waals surface area (Å²) in [6.07, 6.45) is 2.27. The SMILES string of the molecule is CCOC(=O)c1cccc(N)c1N1CCCC(N(C)C)C1. The Labute approximate surface area is 126 Å². The van der Waals surface area contributed by atoms with Crippen LogP contribution in [0.25, 0.3) is 0 Å². The van der Waals surface area contributed by atoms with E-state index in [1.807, 2.05) is 13.0 Å². The minimum atomic E-state index is -0.299. The van der Waals surface area contributed by atoms with Crippen molar-refractivity contribution in [3.8, 4) is 0 Å². The van der Waals surface area contributed by atoms with Crippen molar-refractivity contribution in [3.05, 3.63) is 23.8 Å². The largest absolute Gasteiger partial charge is 0.462 e. The van der Waals surface area contributed by atoms with Crippen LogP contribution < -0.4 is 10.6 Å². The van der Waals surface area contributed by atoms with Gasteiger partial charge in [-0.2, -0.15) is 0 Å². The smallest absolute Gasteiger partial charge is 0.340 e. The predicted molar refractivity (Wildman–Crippen MR) is 85.7 cm³/mol. The Morgan fingerprint density at radius 2 is 2.24 bits per heavy atom. The van der Waals surface area contributed by atoms with Gasteiger partial charge in [0.2, 0.25) is 0 Å². The normalized spacial score (nSPS) is 18.9. The summed E-state index contributed by atoms with van der Waals surface area (Å²) in [6.45, 7) is 3.98. The van der Waals surface area contributed by atoms with Crippen LogP contribution in [-0.2, 0) is 4.74 Å². The molecule has 1 aliphatic heterocycles. The van der Waals surface area contributed by atoms with Crippen LogP contribution in [0.15, 0.2) is 18.2 Å². The first-order valence-electron chi connectivity index (χ1n) is 7.51. The van der Waals surface area contributed by atoms with Gasteiger partial charge >= 0.3 is 5.97 Å². The first-order chi connectivity index (χ1) is 10.0. The van der Waals surface area contributed by atoms with Crippen molar-refractivity contribution in [2.45, 2.75) is 25.8 Å². The topological polar surface area (TPSA) is 58.8 Å². The van der Waals surface area contributed by atoms with Gasteiger partial charge in [-0.25, -0.2) is 4.79 Å². The van der Waals surface area contributed by atoms with Crippen molar-refractivity contribution < 1.29 is 9.53 Å². The molecule has 116 valence electrons. The van der Waals surface area contributed by atoms with Crippen molar-refractivity contribution in [2.24, 2.45) is 0 Å². The fourth-order valence-electron chi connectivity index (χ4n) is 2.87. The summed E-state index contributed by atoms with van der Waals surface area (Å²) >= 11 is 0. The zero-order chi connectivity index (χ0) is 15.4. The number of anilines is 2. The standard InChI is InChI=1S/C16H25N3O2/c1-4-21-16(20)13-8-5-9-14(17)15(13)19-10-6-7-12(11-19)18(2)3/h5,8-9,12H,4,6-7,10-11,17H2,1-3H3. The third-order valence-electron chi connectivity index (χ3n) is 4.01. The summed E-state index contributed by atoms with van der Waals surface area (Å²) in [5.74, 6) is -0.299. The quantitative estimate of drug-likeness (QED) is 0.679. The molecule has 0 amide bonds. The van der Waals surface area contributed by atoms with Crippen molar-refractivity contribution in [1.29, 1.82) is 0 Å². The molecule has 1 unspecified atom stereocenters. The fourth-order valence-corrected chi connectivity index (χ4v) is 2.87. The Hall–Kier alpha value is -1.75. The van der Waals surface area contributed by atoms with E-state index in [0.29, 0.717) is 23.9 Å². The highest BCUT2D eigenvalue weighted by Crippen LogP contribution is 2.31. The number of likely N-dealkylation sites (N-methyl/N-ethyl adjacent to an activating group) is 1. The van der Waals surface area contributed by atoms with Gasteiger partial charge in [-0.15, -0.1) is 0 Å². The highest BCUT2D eigenvalue weighted by atomic mass is 16.5. The van der Waals surface area contributed by atoms with Gasteiger partial charge in [0.25, 0.3) is 0 Å². The Morgan fingerprint density at radius 3 is 2.90 bits per heavy atom. The maximum Gasteiger partial charge on any atom is 0.340 e. The lowest BCUT2D eigenvalue weighted by Crippen LogP contribution is -2.45. The lowest BCUT2D eigenvalue weighted by molar-refractivity contribution is 0.0527. The van der Waals surface area contributed by atoms with E-state index in [1.165, 1.54) is 6.42 Å². The first-order valence-corrected chi connectivity index (χ1v) is 7.51. The number of hydrogen-bond acceptors (Lipinski definition) is 5. The lowest BCUT2D eigenvalue weighted by atomic mass is 10.0. The highest BCUT2D eigenvalue weighted by molar-refractivity contribution is 5.99. The minimum Gasteiger partial charge on any atom is -0.462 e. The van der Waals surface area contributed by atoms with Crippen LogP contribution in [0.1, 0.15) is 30.1 Å². The molecule has 1 aromatic rings. The summed E-state index contributed by atoms with van der Waals surface area (Å²) in [5.41, 5.74) is 8.17. The third kappa shape index (κ3) is 3.47. The number of nitrogen functional groups attached to an aromatic ring is 1. The average molecular weight is 291 g/mol. The first kappa shape index (κ1) is 15.6. The van der Waals surface area contributed by atoms with Crippen molar-refractivity contribution in [2.75, 3.05) is 44.4 Å². The van der Waals surface area contributed by atoms with E-state index in [4.69, 9.17) is 10.5 Å². The zero-order valence-corrected chi connectivity index (χ0v) is 13.1. The van der Waals surface area contributed by atoms with Gasteiger partial charge in [-0.3, -0.25) is 0 Å². The number of nitrogens with zero attached hydrogens (tertiary/aromatic N) is 2. The number of carbonyl (C=O) groups excluding carboxylic acids is 1. The molecule has 5 heteroatoms. The molecule has 0 aliphatic carbocycles. The molecule has 0 bridgehead atoms. The summed E-state index contributed by atoms with van der Waals surface area (Å²) in [5, 5.41) is 0. The number of rotatable bonds is 4. The molecule has 1 aliphatic rings. The Kier molecular flexibility index (Phi) is 5.07. The number of para-hydroxylation sites is 1. The Bertz CT molecular complexity index is 502. The zero-order valence-electron chi connectivity index (χ0n) is 13.1.